The van der Waals surface area contributed by atoms with E-state index in [1.54, 1.807) is 0 Å². The molecule has 0 saturated carbocycles. The third kappa shape index (κ3) is 3.25. The van der Waals surface area contributed by atoms with Crippen LogP contribution in [-0.4, -0.2) is 9.78 Å². The van der Waals surface area contributed by atoms with Crippen LogP contribution in [-0.2, 0) is 13.0 Å². The fraction of sp³-hybridized carbons (Fsp3) is 0.400. The molecule has 0 radical (unpaired) electrons. The summed E-state index contributed by atoms with van der Waals surface area (Å²) < 4.78 is 3.12. The fourth-order valence-corrected chi connectivity index (χ4v) is 2.90. The zero-order chi connectivity index (χ0) is 14.0. The molecule has 2 N–H and O–H groups in total. The molecule has 2 aromatic rings. The Morgan fingerprint density at radius 2 is 2.05 bits per heavy atom. The maximum Gasteiger partial charge on any atom is 0.0596 e. The Morgan fingerprint density at radius 1 is 1.32 bits per heavy atom. The molecule has 0 aliphatic heterocycles. The monoisotopic (exact) mass is 321 g/mol. The first-order chi connectivity index (χ1) is 9.01. The van der Waals surface area contributed by atoms with E-state index in [1.807, 2.05) is 17.7 Å². The van der Waals surface area contributed by atoms with E-state index in [0.29, 0.717) is 0 Å². The van der Waals surface area contributed by atoms with Gasteiger partial charge in [-0.3, -0.25) is 4.68 Å². The molecular formula is C15H20BrN3. The summed E-state index contributed by atoms with van der Waals surface area (Å²) in [7, 11) is 0. The van der Waals surface area contributed by atoms with Gasteiger partial charge in [-0.05, 0) is 50.1 Å². The van der Waals surface area contributed by atoms with E-state index in [1.165, 1.54) is 16.8 Å². The fourth-order valence-electron chi connectivity index (χ4n) is 2.43. The average molecular weight is 322 g/mol. The van der Waals surface area contributed by atoms with Gasteiger partial charge in [0.2, 0.25) is 0 Å². The van der Waals surface area contributed by atoms with E-state index >= 15 is 0 Å². The predicted octanol–water partition coefficient (Wildman–Crippen LogP) is 3.52. The van der Waals surface area contributed by atoms with Crippen molar-refractivity contribution in [2.24, 2.45) is 5.73 Å². The number of hydrogen-bond acceptors (Lipinski definition) is 2. The van der Waals surface area contributed by atoms with Crippen molar-refractivity contribution in [2.45, 2.75) is 39.8 Å². The Balaban J connectivity index is 2.22. The van der Waals surface area contributed by atoms with Crippen LogP contribution in [0.3, 0.4) is 0 Å². The number of halogens is 1. The van der Waals surface area contributed by atoms with Crippen LogP contribution >= 0.6 is 15.9 Å². The van der Waals surface area contributed by atoms with Crippen LogP contribution in [0.25, 0.3) is 0 Å². The zero-order valence-electron chi connectivity index (χ0n) is 11.7. The van der Waals surface area contributed by atoms with Crippen molar-refractivity contribution < 1.29 is 0 Å². The highest BCUT2D eigenvalue weighted by molar-refractivity contribution is 9.10. The molecular weight excluding hydrogens is 302 g/mol. The van der Waals surface area contributed by atoms with Crippen LogP contribution in [0, 0.1) is 13.8 Å². The Bertz CT molecular complexity index is 575. The van der Waals surface area contributed by atoms with E-state index in [2.05, 4.69) is 53.1 Å². The molecule has 1 aromatic carbocycles. The average Bonchev–Trinajstić information content (AvgIpc) is 2.69. The van der Waals surface area contributed by atoms with Gasteiger partial charge >= 0.3 is 0 Å². The third-order valence-electron chi connectivity index (χ3n) is 3.35. The smallest absolute Gasteiger partial charge is 0.0596 e. The number of rotatable bonds is 4. The van der Waals surface area contributed by atoms with Gasteiger partial charge in [-0.1, -0.05) is 22.0 Å². The van der Waals surface area contributed by atoms with Gasteiger partial charge in [0.1, 0.15) is 0 Å². The summed E-state index contributed by atoms with van der Waals surface area (Å²) in [4.78, 5) is 0. The molecule has 0 amide bonds. The van der Waals surface area contributed by atoms with Gasteiger partial charge in [-0.25, -0.2) is 0 Å². The number of nitrogens with two attached hydrogens (primary N) is 1. The summed E-state index contributed by atoms with van der Waals surface area (Å²) in [6.07, 6.45) is 0.817. The SMILES string of the molecule is CCn1nc(C)cc1CC(N)c1ccc(Br)cc1C. The lowest BCUT2D eigenvalue weighted by Gasteiger charge is -2.15. The molecule has 0 aliphatic carbocycles. The van der Waals surface area contributed by atoms with Crippen LogP contribution < -0.4 is 5.73 Å². The van der Waals surface area contributed by atoms with E-state index in [0.717, 1.165) is 23.1 Å². The molecule has 2 rings (SSSR count). The summed E-state index contributed by atoms with van der Waals surface area (Å²) in [6.45, 7) is 7.11. The number of benzene rings is 1. The molecule has 3 nitrogen and oxygen atoms in total. The highest BCUT2D eigenvalue weighted by Gasteiger charge is 2.13. The van der Waals surface area contributed by atoms with Crippen molar-refractivity contribution in [1.29, 1.82) is 0 Å². The lowest BCUT2D eigenvalue weighted by atomic mass is 9.98. The Morgan fingerprint density at radius 3 is 2.68 bits per heavy atom. The van der Waals surface area contributed by atoms with Crippen LogP contribution in [0.5, 0.6) is 0 Å². The second kappa shape index (κ2) is 5.88. The van der Waals surface area contributed by atoms with Crippen LogP contribution in [0.2, 0.25) is 0 Å². The van der Waals surface area contributed by atoms with Gasteiger partial charge < -0.3 is 5.73 Å². The zero-order valence-corrected chi connectivity index (χ0v) is 13.2. The van der Waals surface area contributed by atoms with Crippen LogP contribution in [0.4, 0.5) is 0 Å². The van der Waals surface area contributed by atoms with Crippen molar-refractivity contribution in [3.05, 3.63) is 51.3 Å². The predicted molar refractivity (Wildman–Crippen MR) is 82.1 cm³/mol. The van der Waals surface area contributed by atoms with Crippen molar-refractivity contribution in [1.82, 2.24) is 9.78 Å². The largest absolute Gasteiger partial charge is 0.324 e. The van der Waals surface area contributed by atoms with Gasteiger partial charge in [0.05, 0.1) is 5.69 Å². The molecule has 0 saturated heterocycles. The van der Waals surface area contributed by atoms with E-state index in [-0.39, 0.29) is 6.04 Å². The number of aromatic nitrogens is 2. The minimum Gasteiger partial charge on any atom is -0.324 e. The van der Waals surface area contributed by atoms with E-state index in [4.69, 9.17) is 5.73 Å². The first-order valence-electron chi connectivity index (χ1n) is 6.56. The number of hydrogen-bond donors (Lipinski definition) is 1. The molecule has 1 atom stereocenters. The second-order valence-corrected chi connectivity index (χ2v) is 5.82. The quantitative estimate of drug-likeness (QED) is 0.936. The van der Waals surface area contributed by atoms with E-state index in [9.17, 15) is 0 Å². The maximum atomic E-state index is 6.35. The summed E-state index contributed by atoms with van der Waals surface area (Å²) in [6, 6.07) is 8.39. The number of aryl methyl sites for hydroxylation is 3. The maximum absolute atomic E-state index is 6.35. The molecule has 0 fully saturated rings. The summed E-state index contributed by atoms with van der Waals surface area (Å²) in [5, 5.41) is 4.47. The first kappa shape index (κ1) is 14.3. The van der Waals surface area contributed by atoms with Crippen LogP contribution in [0.15, 0.2) is 28.7 Å². The standard InChI is InChI=1S/C15H20BrN3/c1-4-19-13(8-11(3)18-19)9-15(17)14-6-5-12(16)7-10(14)2/h5-8,15H,4,9,17H2,1-3H3. The van der Waals surface area contributed by atoms with Gasteiger partial charge in [0, 0.05) is 29.2 Å². The Kier molecular flexibility index (Phi) is 4.42. The summed E-state index contributed by atoms with van der Waals surface area (Å²) in [5.41, 5.74) is 11.0. The Labute approximate surface area is 122 Å². The highest BCUT2D eigenvalue weighted by Crippen LogP contribution is 2.23. The molecule has 1 unspecified atom stereocenters. The lowest BCUT2D eigenvalue weighted by molar-refractivity contribution is 0.586. The minimum atomic E-state index is 0.00880. The molecule has 19 heavy (non-hydrogen) atoms. The molecule has 1 heterocycles. The van der Waals surface area contributed by atoms with E-state index < -0.39 is 0 Å². The summed E-state index contributed by atoms with van der Waals surface area (Å²) >= 11 is 3.48. The lowest BCUT2D eigenvalue weighted by Crippen LogP contribution is -2.17. The van der Waals surface area contributed by atoms with Gasteiger partial charge in [0.15, 0.2) is 0 Å². The number of nitrogens with zero attached hydrogens (tertiary/aromatic N) is 2. The van der Waals surface area contributed by atoms with Gasteiger partial charge in [-0.2, -0.15) is 5.10 Å². The van der Waals surface area contributed by atoms with Gasteiger partial charge in [-0.15, -0.1) is 0 Å². The molecule has 4 heteroatoms. The Hall–Kier alpha value is -1.13. The second-order valence-electron chi connectivity index (χ2n) is 4.90. The normalized spacial score (nSPS) is 12.7. The summed E-state index contributed by atoms with van der Waals surface area (Å²) in [5.74, 6) is 0. The van der Waals surface area contributed by atoms with Gasteiger partial charge in [0.25, 0.3) is 0 Å². The van der Waals surface area contributed by atoms with Crippen LogP contribution in [0.1, 0.15) is 35.5 Å². The topological polar surface area (TPSA) is 43.8 Å². The molecule has 1 aromatic heterocycles. The first-order valence-corrected chi connectivity index (χ1v) is 7.35. The minimum absolute atomic E-state index is 0.00880. The third-order valence-corrected chi connectivity index (χ3v) is 3.84. The van der Waals surface area contributed by atoms with Crippen molar-refractivity contribution in [3.63, 3.8) is 0 Å². The van der Waals surface area contributed by atoms with Crippen molar-refractivity contribution in [3.8, 4) is 0 Å². The highest BCUT2D eigenvalue weighted by atomic mass is 79.9. The molecule has 0 bridgehead atoms. The van der Waals surface area contributed by atoms with Crippen molar-refractivity contribution in [2.75, 3.05) is 0 Å². The molecule has 102 valence electrons. The molecule has 0 spiro atoms. The van der Waals surface area contributed by atoms with Crippen molar-refractivity contribution >= 4 is 15.9 Å². The molecule has 0 aliphatic rings.